The molecule has 0 bridgehead atoms. The number of esters is 1. The number of aromatic nitrogens is 3. The summed E-state index contributed by atoms with van der Waals surface area (Å²) in [6, 6.07) is 7.78. The Morgan fingerprint density at radius 2 is 2.00 bits per heavy atom. The van der Waals surface area contributed by atoms with E-state index in [1.165, 1.54) is 30.2 Å². The topological polar surface area (TPSA) is 95.3 Å². The van der Waals surface area contributed by atoms with Gasteiger partial charge in [0.15, 0.2) is 11.0 Å². The number of amides is 1. The maximum atomic E-state index is 12.5. The number of hydrogen-bond acceptors (Lipinski definition) is 8. The molecule has 0 aliphatic heterocycles. The number of methoxy groups -OCH3 is 1. The van der Waals surface area contributed by atoms with E-state index in [1.807, 2.05) is 52.1 Å². The highest BCUT2D eigenvalue weighted by atomic mass is 32.2. The smallest absolute Gasteiger partial charge is 0.341 e. The molecule has 31 heavy (non-hydrogen) atoms. The average Bonchev–Trinajstić information content (AvgIpc) is 3.23. The van der Waals surface area contributed by atoms with Gasteiger partial charge in [0.1, 0.15) is 17.4 Å². The molecule has 164 valence electrons. The van der Waals surface area contributed by atoms with Crippen molar-refractivity contribution in [3.05, 3.63) is 51.7 Å². The van der Waals surface area contributed by atoms with Crippen LogP contribution in [0.3, 0.4) is 0 Å². The molecule has 1 N–H and O–H groups in total. The zero-order chi connectivity index (χ0) is 22.5. The zero-order valence-corrected chi connectivity index (χ0v) is 19.6. The monoisotopic (exact) mass is 460 g/mol. The molecule has 0 atom stereocenters. The molecule has 0 spiro atoms. The van der Waals surface area contributed by atoms with Gasteiger partial charge in [0.2, 0.25) is 5.91 Å². The summed E-state index contributed by atoms with van der Waals surface area (Å²) in [5, 5.41) is 12.2. The lowest BCUT2D eigenvalue weighted by molar-refractivity contribution is -0.113. The first-order valence-electron chi connectivity index (χ1n) is 9.48. The summed E-state index contributed by atoms with van der Waals surface area (Å²) >= 11 is 2.62. The van der Waals surface area contributed by atoms with Crippen LogP contribution in [0.5, 0.6) is 5.75 Å². The van der Waals surface area contributed by atoms with Crippen LogP contribution in [0.4, 0.5) is 5.00 Å². The molecule has 2 aromatic heterocycles. The average molecular weight is 461 g/mol. The van der Waals surface area contributed by atoms with E-state index in [1.54, 1.807) is 4.57 Å². The number of rotatable bonds is 8. The molecule has 0 saturated heterocycles. The van der Waals surface area contributed by atoms with E-state index in [0.717, 1.165) is 21.8 Å². The first-order valence-corrected chi connectivity index (χ1v) is 11.3. The SMILES string of the molecule is COC(=O)c1c(NC(=O)CSc2nnc(COc3cccc(C)c3)n2C)sc(C)c1C. The van der Waals surface area contributed by atoms with Crippen LogP contribution >= 0.6 is 23.1 Å². The summed E-state index contributed by atoms with van der Waals surface area (Å²) in [7, 11) is 3.15. The Bertz CT molecular complexity index is 1110. The van der Waals surface area contributed by atoms with Crippen LogP contribution in [0.15, 0.2) is 29.4 Å². The summed E-state index contributed by atoms with van der Waals surface area (Å²) in [6.07, 6.45) is 0. The van der Waals surface area contributed by atoms with Gasteiger partial charge in [-0.25, -0.2) is 4.79 Å². The maximum absolute atomic E-state index is 12.5. The van der Waals surface area contributed by atoms with Crippen LogP contribution in [-0.2, 0) is 23.2 Å². The minimum atomic E-state index is -0.462. The number of aryl methyl sites for hydroxylation is 2. The van der Waals surface area contributed by atoms with Crippen LogP contribution < -0.4 is 10.1 Å². The van der Waals surface area contributed by atoms with Gasteiger partial charge in [-0.3, -0.25) is 4.79 Å². The minimum Gasteiger partial charge on any atom is -0.486 e. The standard InChI is InChI=1S/C21H24N4O4S2/c1-12-7-6-8-15(9-12)29-10-16-23-24-21(25(16)4)30-11-17(26)22-19-18(20(27)28-5)13(2)14(3)31-19/h6-9H,10-11H2,1-5H3,(H,22,26). The fourth-order valence-electron chi connectivity index (χ4n) is 2.81. The van der Waals surface area contributed by atoms with Gasteiger partial charge in [-0.05, 0) is 44.0 Å². The molecular formula is C21H24N4O4S2. The predicted molar refractivity (Wildman–Crippen MR) is 121 cm³/mol. The number of benzene rings is 1. The van der Waals surface area contributed by atoms with Crippen LogP contribution in [-0.4, -0.2) is 39.5 Å². The summed E-state index contributed by atoms with van der Waals surface area (Å²) in [5.41, 5.74) is 2.33. The fraction of sp³-hybridized carbons (Fsp3) is 0.333. The number of thiophene rings is 1. The number of nitrogens with zero attached hydrogens (tertiary/aromatic N) is 3. The minimum absolute atomic E-state index is 0.126. The second-order valence-electron chi connectivity index (χ2n) is 6.88. The number of nitrogens with one attached hydrogen (secondary N) is 1. The summed E-state index contributed by atoms with van der Waals surface area (Å²) in [5.74, 6) is 0.844. The van der Waals surface area contributed by atoms with Crippen molar-refractivity contribution >= 4 is 40.0 Å². The third kappa shape index (κ3) is 5.45. The van der Waals surface area contributed by atoms with Gasteiger partial charge in [0, 0.05) is 11.9 Å². The number of ether oxygens (including phenoxy) is 2. The molecule has 0 aliphatic rings. The molecule has 0 radical (unpaired) electrons. The number of hydrogen-bond donors (Lipinski definition) is 1. The Hall–Kier alpha value is -2.85. The van der Waals surface area contributed by atoms with Gasteiger partial charge in [0.05, 0.1) is 18.4 Å². The Morgan fingerprint density at radius 1 is 1.23 bits per heavy atom. The maximum Gasteiger partial charge on any atom is 0.341 e. The summed E-state index contributed by atoms with van der Waals surface area (Å²) in [4.78, 5) is 25.5. The largest absolute Gasteiger partial charge is 0.486 e. The van der Waals surface area contributed by atoms with Crippen molar-refractivity contribution in [1.29, 1.82) is 0 Å². The molecule has 2 heterocycles. The summed E-state index contributed by atoms with van der Waals surface area (Å²) < 4.78 is 12.4. The quantitative estimate of drug-likeness (QED) is 0.402. The third-order valence-corrected chi connectivity index (χ3v) is 6.79. The lowest BCUT2D eigenvalue weighted by Crippen LogP contribution is -2.16. The van der Waals surface area contributed by atoms with Gasteiger partial charge in [-0.1, -0.05) is 23.9 Å². The van der Waals surface area contributed by atoms with E-state index in [0.29, 0.717) is 21.5 Å². The van der Waals surface area contributed by atoms with E-state index in [-0.39, 0.29) is 18.3 Å². The van der Waals surface area contributed by atoms with E-state index < -0.39 is 5.97 Å². The van der Waals surface area contributed by atoms with Crippen molar-refractivity contribution in [2.24, 2.45) is 7.05 Å². The number of carbonyl (C=O) groups excluding carboxylic acids is 2. The lowest BCUT2D eigenvalue weighted by Gasteiger charge is -2.08. The molecule has 0 aliphatic carbocycles. The number of carbonyl (C=O) groups is 2. The molecule has 3 aromatic rings. The highest BCUT2D eigenvalue weighted by Gasteiger charge is 2.22. The van der Waals surface area contributed by atoms with Gasteiger partial charge in [0.25, 0.3) is 0 Å². The lowest BCUT2D eigenvalue weighted by atomic mass is 10.1. The molecule has 3 rings (SSSR count). The van der Waals surface area contributed by atoms with Gasteiger partial charge in [-0.2, -0.15) is 0 Å². The molecular weight excluding hydrogens is 436 g/mol. The van der Waals surface area contributed by atoms with Gasteiger partial charge >= 0.3 is 5.97 Å². The first kappa shape index (κ1) is 22.8. The Kier molecular flexibility index (Phi) is 7.34. The molecule has 8 nitrogen and oxygen atoms in total. The first-order chi connectivity index (χ1) is 14.8. The second kappa shape index (κ2) is 9.97. The predicted octanol–water partition coefficient (Wildman–Crippen LogP) is 3.90. The van der Waals surface area contributed by atoms with E-state index in [2.05, 4.69) is 15.5 Å². The summed E-state index contributed by atoms with van der Waals surface area (Å²) in [6.45, 7) is 6.01. The molecule has 1 amide bonds. The van der Waals surface area contributed by atoms with Crippen LogP contribution in [0.2, 0.25) is 0 Å². The third-order valence-electron chi connectivity index (χ3n) is 4.64. The van der Waals surface area contributed by atoms with Crippen molar-refractivity contribution in [2.75, 3.05) is 18.2 Å². The van der Waals surface area contributed by atoms with Crippen molar-refractivity contribution in [1.82, 2.24) is 14.8 Å². The highest BCUT2D eigenvalue weighted by Crippen LogP contribution is 2.33. The van der Waals surface area contributed by atoms with Crippen LogP contribution in [0, 0.1) is 20.8 Å². The normalized spacial score (nSPS) is 10.7. The Labute approximate surface area is 189 Å². The van der Waals surface area contributed by atoms with E-state index in [9.17, 15) is 9.59 Å². The highest BCUT2D eigenvalue weighted by molar-refractivity contribution is 7.99. The van der Waals surface area contributed by atoms with Gasteiger partial charge < -0.3 is 19.4 Å². The van der Waals surface area contributed by atoms with Crippen molar-refractivity contribution in [3.63, 3.8) is 0 Å². The number of anilines is 1. The van der Waals surface area contributed by atoms with Crippen molar-refractivity contribution in [2.45, 2.75) is 32.5 Å². The molecule has 0 fully saturated rings. The van der Waals surface area contributed by atoms with E-state index in [4.69, 9.17) is 9.47 Å². The Balaban J connectivity index is 1.59. The fourth-order valence-corrected chi connectivity index (χ4v) is 4.60. The van der Waals surface area contributed by atoms with Crippen molar-refractivity contribution in [3.8, 4) is 5.75 Å². The van der Waals surface area contributed by atoms with Crippen molar-refractivity contribution < 1.29 is 19.1 Å². The van der Waals surface area contributed by atoms with E-state index >= 15 is 0 Å². The molecule has 0 saturated carbocycles. The van der Waals surface area contributed by atoms with Gasteiger partial charge in [-0.15, -0.1) is 21.5 Å². The molecule has 10 heteroatoms. The van der Waals surface area contributed by atoms with Crippen LogP contribution in [0.1, 0.15) is 32.2 Å². The molecule has 1 aromatic carbocycles. The van der Waals surface area contributed by atoms with Crippen LogP contribution in [0.25, 0.3) is 0 Å². The Morgan fingerprint density at radius 3 is 2.71 bits per heavy atom. The second-order valence-corrected chi connectivity index (χ2v) is 9.05. The molecule has 0 unspecified atom stereocenters. The number of thioether (sulfide) groups is 1. The zero-order valence-electron chi connectivity index (χ0n) is 18.0.